The molecule has 0 unspecified atom stereocenters. The lowest BCUT2D eigenvalue weighted by Crippen LogP contribution is -2.11. The van der Waals surface area contributed by atoms with Crippen molar-refractivity contribution >= 4 is 34.4 Å². The molecule has 3 aromatic heterocycles. The van der Waals surface area contributed by atoms with E-state index in [1.807, 2.05) is 25.3 Å². The number of fused-ring (bicyclic) bond motifs is 1. The highest BCUT2D eigenvalue weighted by molar-refractivity contribution is 7.00. The first-order valence-corrected chi connectivity index (χ1v) is 10.9. The van der Waals surface area contributed by atoms with E-state index in [1.54, 1.807) is 54.9 Å². The number of hydrogen-bond donors (Lipinski definition) is 1. The van der Waals surface area contributed by atoms with Gasteiger partial charge in [0.25, 0.3) is 5.91 Å². The van der Waals surface area contributed by atoms with Crippen LogP contribution in [-0.4, -0.2) is 34.2 Å². The fourth-order valence-electron chi connectivity index (χ4n) is 3.28. The molecule has 164 valence electrons. The zero-order valence-corrected chi connectivity index (χ0v) is 18.9. The monoisotopic (exact) mass is 457 g/mol. The molecule has 0 radical (unpaired) electrons. The number of benzene rings is 2. The number of rotatable bonds is 5. The van der Waals surface area contributed by atoms with Crippen LogP contribution in [-0.2, 0) is 0 Å². The second-order valence-corrected chi connectivity index (χ2v) is 7.97. The largest absolute Gasteiger partial charge is 0.439 e. The van der Waals surface area contributed by atoms with E-state index in [4.69, 9.17) is 4.74 Å². The molecule has 1 N–H and O–H groups in total. The number of aromatic nitrogens is 6. The summed E-state index contributed by atoms with van der Waals surface area (Å²) in [5.74, 6) is 2.06. The molecule has 0 saturated carbocycles. The van der Waals surface area contributed by atoms with E-state index in [2.05, 4.69) is 29.0 Å². The quantitative estimate of drug-likeness (QED) is 0.410. The van der Waals surface area contributed by atoms with E-state index < -0.39 is 0 Å². The van der Waals surface area contributed by atoms with Gasteiger partial charge < -0.3 is 10.1 Å². The van der Waals surface area contributed by atoms with E-state index in [-0.39, 0.29) is 5.91 Å². The molecular formula is C23H19N7O2S. The molecule has 1 amide bonds. The number of nitrogens with one attached hydrogen (secondary N) is 1. The summed E-state index contributed by atoms with van der Waals surface area (Å²) in [6.07, 6.45) is 1.73. The highest BCUT2D eigenvalue weighted by Gasteiger charge is 2.11. The number of hydrogen-bond acceptors (Lipinski definition) is 8. The van der Waals surface area contributed by atoms with Crippen LogP contribution in [0.5, 0.6) is 11.6 Å². The first-order chi connectivity index (χ1) is 16.0. The molecule has 0 aliphatic rings. The molecule has 0 aliphatic carbocycles. The zero-order chi connectivity index (χ0) is 22.9. The van der Waals surface area contributed by atoms with Crippen molar-refractivity contribution in [2.24, 2.45) is 0 Å². The van der Waals surface area contributed by atoms with Crippen LogP contribution in [0, 0.1) is 20.8 Å². The van der Waals surface area contributed by atoms with Gasteiger partial charge in [0.2, 0.25) is 5.88 Å². The zero-order valence-electron chi connectivity index (χ0n) is 18.1. The molecule has 0 bridgehead atoms. The van der Waals surface area contributed by atoms with Crippen LogP contribution in [0.2, 0.25) is 0 Å². The predicted octanol–water partition coefficient (Wildman–Crippen LogP) is 4.64. The number of imidazole rings is 1. The lowest BCUT2D eigenvalue weighted by atomic mass is 10.2. The van der Waals surface area contributed by atoms with Gasteiger partial charge >= 0.3 is 0 Å². The standard InChI is InChI=1S/C23H19N7O2S/c1-13-14(2)30(12-24-13)21-11-22(26-15(3)25-21)32-18-7-5-17(6-8-18)27-23(31)16-4-9-19-20(10-16)29-33-28-19/h4-12H,1-3H3,(H,27,31). The van der Waals surface area contributed by atoms with Gasteiger partial charge in [-0.3, -0.25) is 9.36 Å². The Hall–Kier alpha value is -4.18. The molecule has 3 heterocycles. The number of carbonyl (C=O) groups is 1. The van der Waals surface area contributed by atoms with Crippen LogP contribution in [0.1, 0.15) is 27.6 Å². The van der Waals surface area contributed by atoms with Gasteiger partial charge in [0, 0.05) is 23.0 Å². The van der Waals surface area contributed by atoms with Gasteiger partial charge in [-0.15, -0.1) is 0 Å². The third-order valence-corrected chi connectivity index (χ3v) is 5.71. The minimum atomic E-state index is -0.222. The van der Waals surface area contributed by atoms with Crippen LogP contribution < -0.4 is 10.1 Å². The van der Waals surface area contributed by atoms with Crippen LogP contribution in [0.25, 0.3) is 16.9 Å². The number of amides is 1. The molecule has 0 fully saturated rings. The molecule has 10 heteroatoms. The molecule has 9 nitrogen and oxygen atoms in total. The average Bonchev–Trinajstić information content (AvgIpc) is 3.40. The van der Waals surface area contributed by atoms with Gasteiger partial charge in [0.05, 0.1) is 17.4 Å². The molecule has 0 atom stereocenters. The van der Waals surface area contributed by atoms with Gasteiger partial charge in [-0.05, 0) is 63.2 Å². The molecule has 5 rings (SSSR count). The topological polar surface area (TPSA) is 108 Å². The van der Waals surface area contributed by atoms with Crippen molar-refractivity contribution in [3.63, 3.8) is 0 Å². The maximum atomic E-state index is 12.6. The number of nitrogens with zero attached hydrogens (tertiary/aromatic N) is 6. The fraction of sp³-hybridized carbons (Fsp3) is 0.130. The summed E-state index contributed by atoms with van der Waals surface area (Å²) in [5, 5.41) is 2.88. The number of anilines is 1. The van der Waals surface area contributed by atoms with Gasteiger partial charge in [-0.2, -0.15) is 13.7 Å². The third kappa shape index (κ3) is 4.28. The lowest BCUT2D eigenvalue weighted by molar-refractivity contribution is 0.102. The molecule has 0 aliphatic heterocycles. The molecule has 5 aromatic rings. The van der Waals surface area contributed by atoms with Crippen molar-refractivity contribution in [2.75, 3.05) is 5.32 Å². The minimum absolute atomic E-state index is 0.222. The summed E-state index contributed by atoms with van der Waals surface area (Å²) in [6, 6.07) is 14.1. The summed E-state index contributed by atoms with van der Waals surface area (Å²) in [4.78, 5) is 25.8. The van der Waals surface area contributed by atoms with Gasteiger partial charge in [0.1, 0.15) is 34.8 Å². The normalized spacial score (nSPS) is 11.0. The molecule has 0 saturated heterocycles. The predicted molar refractivity (Wildman–Crippen MR) is 125 cm³/mol. The third-order valence-electron chi connectivity index (χ3n) is 5.15. The lowest BCUT2D eigenvalue weighted by Gasteiger charge is -2.10. The summed E-state index contributed by atoms with van der Waals surface area (Å²) >= 11 is 1.12. The molecule has 2 aromatic carbocycles. The maximum Gasteiger partial charge on any atom is 0.255 e. The smallest absolute Gasteiger partial charge is 0.255 e. The Morgan fingerprint density at radius 3 is 2.52 bits per heavy atom. The van der Waals surface area contributed by atoms with Crippen LogP contribution in [0.3, 0.4) is 0 Å². The number of carbonyl (C=O) groups excluding carboxylic acids is 1. The van der Waals surface area contributed by atoms with Gasteiger partial charge in [-0.25, -0.2) is 9.97 Å². The first-order valence-electron chi connectivity index (χ1n) is 10.1. The maximum absolute atomic E-state index is 12.6. The fourth-order valence-corrected chi connectivity index (χ4v) is 3.80. The SMILES string of the molecule is Cc1nc(Oc2ccc(NC(=O)c3ccc4nsnc4c3)cc2)cc(-n2cnc(C)c2C)n1. The summed E-state index contributed by atoms with van der Waals surface area (Å²) in [5.41, 5.74) is 4.59. The summed E-state index contributed by atoms with van der Waals surface area (Å²) in [6.45, 7) is 5.75. The molecule has 33 heavy (non-hydrogen) atoms. The van der Waals surface area contributed by atoms with E-state index in [0.717, 1.165) is 28.6 Å². The minimum Gasteiger partial charge on any atom is -0.439 e. The van der Waals surface area contributed by atoms with Crippen LogP contribution in [0.15, 0.2) is 54.9 Å². The Balaban J connectivity index is 1.31. The average molecular weight is 458 g/mol. The van der Waals surface area contributed by atoms with E-state index in [1.165, 1.54) is 0 Å². The highest BCUT2D eigenvalue weighted by atomic mass is 32.1. The van der Waals surface area contributed by atoms with Crippen molar-refractivity contribution in [2.45, 2.75) is 20.8 Å². The van der Waals surface area contributed by atoms with E-state index >= 15 is 0 Å². The van der Waals surface area contributed by atoms with Crippen molar-refractivity contribution in [3.05, 3.63) is 77.6 Å². The van der Waals surface area contributed by atoms with Crippen molar-refractivity contribution in [1.29, 1.82) is 0 Å². The number of aryl methyl sites for hydroxylation is 2. The Morgan fingerprint density at radius 1 is 0.970 bits per heavy atom. The van der Waals surface area contributed by atoms with Gasteiger partial charge in [0.15, 0.2) is 0 Å². The highest BCUT2D eigenvalue weighted by Crippen LogP contribution is 2.24. The second-order valence-electron chi connectivity index (χ2n) is 7.45. The van der Waals surface area contributed by atoms with Gasteiger partial charge in [-0.1, -0.05) is 0 Å². The van der Waals surface area contributed by atoms with Crippen molar-refractivity contribution in [3.8, 4) is 17.4 Å². The van der Waals surface area contributed by atoms with E-state index in [9.17, 15) is 4.79 Å². The van der Waals surface area contributed by atoms with Crippen LogP contribution in [0.4, 0.5) is 5.69 Å². The van der Waals surface area contributed by atoms with Crippen LogP contribution >= 0.6 is 11.7 Å². The second kappa shape index (κ2) is 8.40. The summed E-state index contributed by atoms with van der Waals surface area (Å²) < 4.78 is 16.2. The number of ether oxygens (including phenoxy) is 1. The summed E-state index contributed by atoms with van der Waals surface area (Å²) in [7, 11) is 0. The van der Waals surface area contributed by atoms with Crippen molar-refractivity contribution < 1.29 is 9.53 Å². The Labute approximate surface area is 193 Å². The Morgan fingerprint density at radius 2 is 1.76 bits per heavy atom. The molecule has 0 spiro atoms. The molecular weight excluding hydrogens is 438 g/mol. The Kier molecular flexibility index (Phi) is 5.27. The Bertz CT molecular complexity index is 1470. The van der Waals surface area contributed by atoms with Crippen molar-refractivity contribution in [1.82, 2.24) is 28.3 Å². The van der Waals surface area contributed by atoms with E-state index in [0.29, 0.717) is 40.0 Å². The first kappa shape index (κ1) is 20.7.